The van der Waals surface area contributed by atoms with Gasteiger partial charge < -0.3 is 10.1 Å². The molecule has 146 valence electrons. The summed E-state index contributed by atoms with van der Waals surface area (Å²) in [5.74, 6) is 1.04. The van der Waals surface area contributed by atoms with Crippen molar-refractivity contribution in [2.75, 3.05) is 38.5 Å². The Balaban J connectivity index is 1.46. The third-order valence-corrected chi connectivity index (χ3v) is 5.54. The lowest BCUT2D eigenvalue weighted by Gasteiger charge is -2.33. The average Bonchev–Trinajstić information content (AvgIpc) is 2.64. The molecule has 0 radical (unpaired) electrons. The van der Waals surface area contributed by atoms with Gasteiger partial charge in [0, 0.05) is 31.6 Å². The summed E-state index contributed by atoms with van der Waals surface area (Å²) in [4.78, 5) is 19.3. The van der Waals surface area contributed by atoms with Crippen molar-refractivity contribution >= 4 is 28.6 Å². The molecule has 5 nitrogen and oxygen atoms in total. The first-order chi connectivity index (χ1) is 13.0. The largest absolute Gasteiger partial charge is 0.374 e. The number of morpholine rings is 1. The number of thioether (sulfide) groups is 1. The van der Waals surface area contributed by atoms with Crippen molar-refractivity contribution in [3.63, 3.8) is 0 Å². The van der Waals surface area contributed by atoms with Gasteiger partial charge in [0.15, 0.2) is 0 Å². The van der Waals surface area contributed by atoms with Gasteiger partial charge in [-0.25, -0.2) is 4.98 Å². The molecule has 1 aliphatic rings. The highest BCUT2D eigenvalue weighted by Gasteiger charge is 2.21. The van der Waals surface area contributed by atoms with Crippen LogP contribution in [-0.2, 0) is 9.53 Å². The van der Waals surface area contributed by atoms with Crippen LogP contribution in [0.4, 0.5) is 0 Å². The fourth-order valence-corrected chi connectivity index (χ4v) is 4.20. The predicted molar refractivity (Wildman–Crippen MR) is 111 cm³/mol. The molecular formula is C21H29N3O2S. The standard InChI is InChI=1S/C21H29N3O2S/c1-15(2)12-24-8-9-26-17(13-24)11-22-20(25)14-27-21-10-16(3)18-6-4-5-7-19(18)23-21/h4-7,10,15,17H,8-9,11-14H2,1-3H3,(H,22,25). The van der Waals surface area contributed by atoms with E-state index < -0.39 is 0 Å². The van der Waals surface area contributed by atoms with Gasteiger partial charge in [0.05, 0.1) is 29.0 Å². The summed E-state index contributed by atoms with van der Waals surface area (Å²) in [6.45, 7) is 10.8. The number of fused-ring (bicyclic) bond motifs is 1. The number of hydrogen-bond acceptors (Lipinski definition) is 5. The lowest BCUT2D eigenvalue weighted by Crippen LogP contribution is -2.48. The van der Waals surface area contributed by atoms with E-state index in [4.69, 9.17) is 4.74 Å². The number of amides is 1. The number of carbonyl (C=O) groups is 1. The molecule has 0 bridgehead atoms. The minimum atomic E-state index is 0.0252. The molecule has 1 aromatic carbocycles. The van der Waals surface area contributed by atoms with E-state index in [0.717, 1.165) is 42.2 Å². The molecule has 0 aliphatic carbocycles. The van der Waals surface area contributed by atoms with Gasteiger partial charge in [0.2, 0.25) is 5.91 Å². The van der Waals surface area contributed by atoms with E-state index in [-0.39, 0.29) is 12.0 Å². The summed E-state index contributed by atoms with van der Waals surface area (Å²) in [5, 5.41) is 5.06. The van der Waals surface area contributed by atoms with Gasteiger partial charge in [0.1, 0.15) is 0 Å². The Labute approximate surface area is 165 Å². The van der Waals surface area contributed by atoms with E-state index in [9.17, 15) is 4.79 Å². The summed E-state index contributed by atoms with van der Waals surface area (Å²) in [6, 6.07) is 10.1. The zero-order valence-electron chi connectivity index (χ0n) is 16.4. The first kappa shape index (κ1) is 20.1. The van der Waals surface area contributed by atoms with E-state index in [2.05, 4.69) is 42.0 Å². The van der Waals surface area contributed by atoms with Gasteiger partial charge >= 0.3 is 0 Å². The zero-order chi connectivity index (χ0) is 19.2. The third-order valence-electron chi connectivity index (χ3n) is 4.62. The second-order valence-corrected chi connectivity index (χ2v) is 8.53. The summed E-state index contributed by atoms with van der Waals surface area (Å²) in [5.41, 5.74) is 2.16. The van der Waals surface area contributed by atoms with Crippen molar-refractivity contribution in [1.29, 1.82) is 0 Å². The third kappa shape index (κ3) is 5.92. The quantitative estimate of drug-likeness (QED) is 0.740. The number of aromatic nitrogens is 1. The maximum atomic E-state index is 12.2. The predicted octanol–water partition coefficient (Wildman–Crippen LogP) is 3.11. The molecule has 3 rings (SSSR count). The number of ether oxygens (including phenoxy) is 1. The minimum absolute atomic E-state index is 0.0252. The topological polar surface area (TPSA) is 54.5 Å². The maximum Gasteiger partial charge on any atom is 0.230 e. The molecule has 0 spiro atoms. The van der Waals surface area contributed by atoms with Gasteiger partial charge in [0.25, 0.3) is 0 Å². The van der Waals surface area contributed by atoms with Crippen LogP contribution in [0.25, 0.3) is 10.9 Å². The molecule has 1 atom stereocenters. The number of aryl methyl sites for hydroxylation is 1. The van der Waals surface area contributed by atoms with Crippen LogP contribution in [0.5, 0.6) is 0 Å². The van der Waals surface area contributed by atoms with Crippen LogP contribution in [0, 0.1) is 12.8 Å². The molecule has 2 aromatic rings. The highest BCUT2D eigenvalue weighted by Crippen LogP contribution is 2.23. The lowest BCUT2D eigenvalue weighted by atomic mass is 10.1. The Hall–Kier alpha value is -1.63. The molecule has 1 fully saturated rings. The number of para-hydroxylation sites is 1. The molecule has 1 aliphatic heterocycles. The van der Waals surface area contributed by atoms with Crippen molar-refractivity contribution < 1.29 is 9.53 Å². The van der Waals surface area contributed by atoms with Crippen LogP contribution in [0.1, 0.15) is 19.4 Å². The Morgan fingerprint density at radius 1 is 1.41 bits per heavy atom. The highest BCUT2D eigenvalue weighted by molar-refractivity contribution is 7.99. The van der Waals surface area contributed by atoms with Gasteiger partial charge in [-0.1, -0.05) is 43.8 Å². The lowest BCUT2D eigenvalue weighted by molar-refractivity contribution is -0.119. The molecule has 1 aromatic heterocycles. The second-order valence-electron chi connectivity index (χ2n) is 7.53. The normalized spacial score (nSPS) is 18.1. The Morgan fingerprint density at radius 3 is 3.04 bits per heavy atom. The van der Waals surface area contributed by atoms with E-state index >= 15 is 0 Å². The number of benzene rings is 1. The van der Waals surface area contributed by atoms with Crippen molar-refractivity contribution in [2.45, 2.75) is 31.9 Å². The van der Waals surface area contributed by atoms with Gasteiger partial charge in [-0.05, 0) is 30.5 Å². The minimum Gasteiger partial charge on any atom is -0.374 e. The summed E-state index contributed by atoms with van der Waals surface area (Å²) < 4.78 is 5.79. The fraction of sp³-hybridized carbons (Fsp3) is 0.524. The number of carbonyl (C=O) groups excluding carboxylic acids is 1. The summed E-state index contributed by atoms with van der Waals surface area (Å²) in [6.07, 6.45) is 0.0764. The van der Waals surface area contributed by atoms with Crippen LogP contribution in [0.2, 0.25) is 0 Å². The summed E-state index contributed by atoms with van der Waals surface area (Å²) >= 11 is 1.48. The zero-order valence-corrected chi connectivity index (χ0v) is 17.2. The number of hydrogen-bond donors (Lipinski definition) is 1. The molecule has 1 unspecified atom stereocenters. The summed E-state index contributed by atoms with van der Waals surface area (Å²) in [7, 11) is 0. The van der Waals surface area contributed by atoms with Crippen molar-refractivity contribution in [3.05, 3.63) is 35.9 Å². The monoisotopic (exact) mass is 387 g/mol. The van der Waals surface area contributed by atoms with E-state index in [1.165, 1.54) is 17.3 Å². The van der Waals surface area contributed by atoms with Crippen LogP contribution in [0.3, 0.4) is 0 Å². The van der Waals surface area contributed by atoms with Crippen LogP contribution in [0.15, 0.2) is 35.4 Å². The number of nitrogens with one attached hydrogen (secondary N) is 1. The number of pyridine rings is 1. The smallest absolute Gasteiger partial charge is 0.230 e. The van der Waals surface area contributed by atoms with E-state index in [1.807, 2.05) is 24.3 Å². The first-order valence-corrected chi connectivity index (χ1v) is 10.6. The van der Waals surface area contributed by atoms with Crippen LogP contribution < -0.4 is 5.32 Å². The van der Waals surface area contributed by atoms with Gasteiger partial charge in [-0.15, -0.1) is 0 Å². The Kier molecular flexibility index (Phi) is 7.10. The maximum absolute atomic E-state index is 12.2. The van der Waals surface area contributed by atoms with Crippen molar-refractivity contribution in [2.24, 2.45) is 5.92 Å². The Morgan fingerprint density at radius 2 is 2.22 bits per heavy atom. The van der Waals surface area contributed by atoms with E-state index in [0.29, 0.717) is 18.2 Å². The fourth-order valence-electron chi connectivity index (χ4n) is 3.40. The SMILES string of the molecule is Cc1cc(SCC(=O)NCC2CN(CC(C)C)CCO2)nc2ccccc12. The highest BCUT2D eigenvalue weighted by atomic mass is 32.2. The second kappa shape index (κ2) is 9.53. The van der Waals surface area contributed by atoms with Crippen molar-refractivity contribution in [3.8, 4) is 0 Å². The van der Waals surface area contributed by atoms with Crippen LogP contribution in [-0.4, -0.2) is 60.4 Å². The molecule has 1 N–H and O–H groups in total. The molecule has 2 heterocycles. The van der Waals surface area contributed by atoms with Gasteiger partial charge in [-0.2, -0.15) is 0 Å². The molecule has 6 heteroatoms. The van der Waals surface area contributed by atoms with E-state index in [1.54, 1.807) is 0 Å². The molecule has 1 saturated heterocycles. The molecule has 0 saturated carbocycles. The molecular weight excluding hydrogens is 358 g/mol. The average molecular weight is 388 g/mol. The first-order valence-electron chi connectivity index (χ1n) is 9.61. The number of rotatable bonds is 7. The molecule has 1 amide bonds. The van der Waals surface area contributed by atoms with Gasteiger partial charge in [-0.3, -0.25) is 9.69 Å². The van der Waals surface area contributed by atoms with Crippen molar-refractivity contribution in [1.82, 2.24) is 15.2 Å². The van der Waals surface area contributed by atoms with Crippen LogP contribution >= 0.6 is 11.8 Å². The molecule has 27 heavy (non-hydrogen) atoms. The Bertz CT molecular complexity index is 781. The number of nitrogens with zero attached hydrogens (tertiary/aromatic N) is 2.